The number of thioether (sulfide) groups is 1. The molecule has 0 saturated heterocycles. The molecule has 1 heterocycles. The van der Waals surface area contributed by atoms with Gasteiger partial charge < -0.3 is 5.73 Å². The Morgan fingerprint density at radius 1 is 1.50 bits per heavy atom. The normalized spacial score (nSPS) is 12.8. The molecule has 1 unspecified atom stereocenters. The van der Waals surface area contributed by atoms with Crippen molar-refractivity contribution in [1.29, 1.82) is 0 Å². The predicted molar refractivity (Wildman–Crippen MR) is 62.2 cm³/mol. The van der Waals surface area contributed by atoms with E-state index in [-0.39, 0.29) is 0 Å². The first-order chi connectivity index (χ1) is 6.61. The molecule has 78 valence electrons. The van der Waals surface area contributed by atoms with Gasteiger partial charge in [-0.3, -0.25) is 0 Å². The third-order valence-corrected chi connectivity index (χ3v) is 3.32. The molecule has 0 bridgehead atoms. The predicted octanol–water partition coefficient (Wildman–Crippen LogP) is 2.40. The Morgan fingerprint density at radius 2 is 2.21 bits per heavy atom. The molecule has 0 aliphatic rings. The van der Waals surface area contributed by atoms with E-state index < -0.39 is 0 Å². The van der Waals surface area contributed by atoms with Gasteiger partial charge in [-0.25, -0.2) is 9.97 Å². The van der Waals surface area contributed by atoms with Crippen LogP contribution in [0.4, 0.5) is 5.82 Å². The van der Waals surface area contributed by atoms with E-state index in [1.807, 2.05) is 18.7 Å². The van der Waals surface area contributed by atoms with Crippen LogP contribution in [0.5, 0.6) is 0 Å². The quantitative estimate of drug-likeness (QED) is 0.831. The number of hydrogen-bond donors (Lipinski definition) is 1. The molecule has 0 amide bonds. The summed E-state index contributed by atoms with van der Waals surface area (Å²) in [6.45, 7) is 6.34. The molecule has 1 atom stereocenters. The topological polar surface area (TPSA) is 51.8 Å². The standard InChI is InChI=1S/C10H17N3S/c1-4-8(3)14-6-10-12-7(2)5-9(11)13-10/h5,8H,4,6H2,1-3H3,(H2,11,12,13). The number of nitrogens with zero attached hydrogens (tertiary/aromatic N) is 2. The van der Waals surface area contributed by atoms with E-state index in [0.717, 1.165) is 17.3 Å². The maximum absolute atomic E-state index is 5.64. The van der Waals surface area contributed by atoms with Crippen molar-refractivity contribution >= 4 is 17.6 Å². The summed E-state index contributed by atoms with van der Waals surface area (Å²) in [5.74, 6) is 2.26. The summed E-state index contributed by atoms with van der Waals surface area (Å²) in [4.78, 5) is 8.51. The van der Waals surface area contributed by atoms with Crippen molar-refractivity contribution in [2.24, 2.45) is 0 Å². The van der Waals surface area contributed by atoms with Crippen LogP contribution in [0.2, 0.25) is 0 Å². The van der Waals surface area contributed by atoms with Gasteiger partial charge in [-0.1, -0.05) is 13.8 Å². The first kappa shape index (κ1) is 11.3. The summed E-state index contributed by atoms with van der Waals surface area (Å²) in [6, 6.07) is 1.79. The fourth-order valence-electron chi connectivity index (χ4n) is 1.06. The lowest BCUT2D eigenvalue weighted by atomic mass is 10.4. The van der Waals surface area contributed by atoms with Gasteiger partial charge in [0.15, 0.2) is 0 Å². The number of hydrogen-bond acceptors (Lipinski definition) is 4. The molecular weight excluding hydrogens is 194 g/mol. The van der Waals surface area contributed by atoms with Crippen LogP contribution in [-0.4, -0.2) is 15.2 Å². The van der Waals surface area contributed by atoms with Crippen LogP contribution in [0.25, 0.3) is 0 Å². The Balaban J connectivity index is 2.58. The number of nitrogen functional groups attached to an aromatic ring is 1. The van der Waals surface area contributed by atoms with Crippen molar-refractivity contribution in [3.63, 3.8) is 0 Å². The second kappa shape index (κ2) is 5.20. The summed E-state index contributed by atoms with van der Waals surface area (Å²) in [7, 11) is 0. The van der Waals surface area contributed by atoms with Gasteiger partial charge in [-0.2, -0.15) is 11.8 Å². The fraction of sp³-hybridized carbons (Fsp3) is 0.600. The van der Waals surface area contributed by atoms with Crippen molar-refractivity contribution < 1.29 is 0 Å². The lowest BCUT2D eigenvalue weighted by Gasteiger charge is -2.07. The molecule has 0 aliphatic carbocycles. The average Bonchev–Trinajstić information content (AvgIpc) is 2.12. The summed E-state index contributed by atoms with van der Waals surface area (Å²) >= 11 is 1.87. The van der Waals surface area contributed by atoms with Gasteiger partial charge in [-0.05, 0) is 13.3 Å². The highest BCUT2D eigenvalue weighted by atomic mass is 32.2. The summed E-state index contributed by atoms with van der Waals surface area (Å²) in [5.41, 5.74) is 6.58. The molecular formula is C10H17N3S. The highest BCUT2D eigenvalue weighted by molar-refractivity contribution is 7.99. The molecule has 0 spiro atoms. The monoisotopic (exact) mass is 211 g/mol. The van der Waals surface area contributed by atoms with E-state index in [1.165, 1.54) is 6.42 Å². The minimum Gasteiger partial charge on any atom is -0.384 e. The fourth-order valence-corrected chi connectivity index (χ4v) is 1.85. The second-order valence-corrected chi connectivity index (χ2v) is 4.81. The highest BCUT2D eigenvalue weighted by Gasteiger charge is 2.03. The van der Waals surface area contributed by atoms with Gasteiger partial charge in [-0.15, -0.1) is 0 Å². The van der Waals surface area contributed by atoms with Crippen LogP contribution in [0.3, 0.4) is 0 Å². The molecule has 4 heteroatoms. The molecule has 0 fully saturated rings. The first-order valence-corrected chi connectivity index (χ1v) is 5.88. The molecule has 3 nitrogen and oxygen atoms in total. The van der Waals surface area contributed by atoms with Crippen LogP contribution in [0.15, 0.2) is 6.07 Å². The van der Waals surface area contributed by atoms with Crippen LogP contribution in [0, 0.1) is 6.92 Å². The second-order valence-electron chi connectivity index (χ2n) is 3.38. The minimum atomic E-state index is 0.567. The molecule has 1 rings (SSSR count). The SMILES string of the molecule is CCC(C)SCc1nc(C)cc(N)n1. The zero-order valence-electron chi connectivity index (χ0n) is 8.95. The Hall–Kier alpha value is -0.770. The van der Waals surface area contributed by atoms with Crippen LogP contribution >= 0.6 is 11.8 Å². The molecule has 1 aromatic rings. The van der Waals surface area contributed by atoms with E-state index in [1.54, 1.807) is 6.07 Å². The van der Waals surface area contributed by atoms with E-state index in [0.29, 0.717) is 11.1 Å². The number of nitrogens with two attached hydrogens (primary N) is 1. The number of aromatic nitrogens is 2. The van der Waals surface area contributed by atoms with Gasteiger partial charge in [0, 0.05) is 17.0 Å². The Morgan fingerprint density at radius 3 is 2.79 bits per heavy atom. The third kappa shape index (κ3) is 3.54. The van der Waals surface area contributed by atoms with Gasteiger partial charge in [0.05, 0.1) is 5.75 Å². The van der Waals surface area contributed by atoms with E-state index in [4.69, 9.17) is 5.73 Å². The highest BCUT2D eigenvalue weighted by Crippen LogP contribution is 2.18. The van der Waals surface area contributed by atoms with Crippen molar-refractivity contribution in [3.8, 4) is 0 Å². The molecule has 1 aromatic heterocycles. The zero-order chi connectivity index (χ0) is 10.6. The Bertz CT molecular complexity index is 281. The summed E-state index contributed by atoms with van der Waals surface area (Å²) in [6.07, 6.45) is 1.17. The molecule has 0 radical (unpaired) electrons. The van der Waals surface area contributed by atoms with Crippen molar-refractivity contribution in [2.45, 2.75) is 38.2 Å². The third-order valence-electron chi connectivity index (χ3n) is 1.99. The number of aryl methyl sites for hydroxylation is 1. The van der Waals surface area contributed by atoms with Crippen molar-refractivity contribution in [2.75, 3.05) is 5.73 Å². The summed E-state index contributed by atoms with van der Waals surface area (Å²) in [5, 5.41) is 0.653. The molecule has 0 saturated carbocycles. The van der Waals surface area contributed by atoms with E-state index >= 15 is 0 Å². The van der Waals surface area contributed by atoms with Crippen LogP contribution < -0.4 is 5.73 Å². The zero-order valence-corrected chi connectivity index (χ0v) is 9.77. The minimum absolute atomic E-state index is 0.567. The summed E-state index contributed by atoms with van der Waals surface area (Å²) < 4.78 is 0. The molecule has 0 aliphatic heterocycles. The van der Waals surface area contributed by atoms with Crippen molar-refractivity contribution in [1.82, 2.24) is 9.97 Å². The van der Waals surface area contributed by atoms with Crippen molar-refractivity contribution in [3.05, 3.63) is 17.6 Å². The lowest BCUT2D eigenvalue weighted by molar-refractivity contribution is 0.900. The van der Waals surface area contributed by atoms with Crippen LogP contribution in [0.1, 0.15) is 31.8 Å². The van der Waals surface area contributed by atoms with Gasteiger partial charge in [0.2, 0.25) is 0 Å². The van der Waals surface area contributed by atoms with Crippen LogP contribution in [-0.2, 0) is 5.75 Å². The largest absolute Gasteiger partial charge is 0.384 e. The Kier molecular flexibility index (Phi) is 4.20. The number of anilines is 1. The van der Waals surface area contributed by atoms with E-state index in [9.17, 15) is 0 Å². The van der Waals surface area contributed by atoms with Gasteiger partial charge in [0.25, 0.3) is 0 Å². The van der Waals surface area contributed by atoms with E-state index in [2.05, 4.69) is 23.8 Å². The maximum Gasteiger partial charge on any atom is 0.140 e. The van der Waals surface area contributed by atoms with Gasteiger partial charge in [0.1, 0.15) is 11.6 Å². The maximum atomic E-state index is 5.64. The molecule has 14 heavy (non-hydrogen) atoms. The average molecular weight is 211 g/mol. The Labute approximate surface area is 89.5 Å². The lowest BCUT2D eigenvalue weighted by Crippen LogP contribution is -2.02. The smallest absolute Gasteiger partial charge is 0.140 e. The number of rotatable bonds is 4. The van der Waals surface area contributed by atoms with Gasteiger partial charge >= 0.3 is 0 Å². The first-order valence-electron chi connectivity index (χ1n) is 4.83. The molecule has 2 N–H and O–H groups in total. The molecule has 0 aromatic carbocycles.